The second-order valence-electron chi connectivity index (χ2n) is 7.91. The number of carboxylic acids is 1. The summed E-state index contributed by atoms with van der Waals surface area (Å²) in [5.41, 5.74) is 2.12. The number of carbonyl (C=O) groups excluding carboxylic acids is 3. The van der Waals surface area contributed by atoms with Crippen LogP contribution >= 0.6 is 0 Å². The Kier molecular flexibility index (Phi) is 8.40. The number of para-hydroxylation sites is 2. The molecule has 0 spiro atoms. The van der Waals surface area contributed by atoms with Gasteiger partial charge in [-0.1, -0.05) is 47.5 Å². The Balaban J connectivity index is 1.93. The lowest BCUT2D eigenvalue weighted by Gasteiger charge is -2.24. The van der Waals surface area contributed by atoms with E-state index in [1.165, 1.54) is 37.4 Å². The van der Waals surface area contributed by atoms with Gasteiger partial charge >= 0.3 is 17.9 Å². The molecule has 0 aliphatic carbocycles. The SMILES string of the molecule is COc1ccccc1NC(=O)[C@@H](OC(=O)c1ccc(C)cc1)[C@H](OC(=O)c1ccc(C)cc1)C(=O)O. The van der Waals surface area contributed by atoms with Gasteiger partial charge in [-0.2, -0.15) is 0 Å². The molecule has 186 valence electrons. The maximum Gasteiger partial charge on any atom is 0.349 e. The van der Waals surface area contributed by atoms with Crippen molar-refractivity contribution >= 4 is 29.5 Å². The molecule has 36 heavy (non-hydrogen) atoms. The highest BCUT2D eigenvalue weighted by Crippen LogP contribution is 2.24. The topological polar surface area (TPSA) is 128 Å². The van der Waals surface area contributed by atoms with Crippen LogP contribution in [-0.2, 0) is 19.1 Å². The van der Waals surface area contributed by atoms with Gasteiger partial charge in [-0.05, 0) is 50.2 Å². The second kappa shape index (κ2) is 11.7. The number of methoxy groups -OCH3 is 1. The molecular weight excluding hydrogens is 466 g/mol. The summed E-state index contributed by atoms with van der Waals surface area (Å²) >= 11 is 0. The fraction of sp³-hybridized carbons (Fsp3) is 0.185. The van der Waals surface area contributed by atoms with Crippen LogP contribution in [0.3, 0.4) is 0 Å². The number of aliphatic carboxylic acids is 1. The molecule has 0 fully saturated rings. The Labute approximate surface area is 207 Å². The van der Waals surface area contributed by atoms with E-state index in [2.05, 4.69) is 5.32 Å². The van der Waals surface area contributed by atoms with E-state index >= 15 is 0 Å². The van der Waals surface area contributed by atoms with Gasteiger partial charge in [-0.3, -0.25) is 4.79 Å². The van der Waals surface area contributed by atoms with E-state index in [-0.39, 0.29) is 22.6 Å². The molecule has 1 amide bonds. The average Bonchev–Trinajstić information content (AvgIpc) is 2.86. The van der Waals surface area contributed by atoms with Gasteiger partial charge in [0, 0.05) is 0 Å². The van der Waals surface area contributed by atoms with Crippen LogP contribution in [0.1, 0.15) is 31.8 Å². The molecule has 3 rings (SSSR count). The van der Waals surface area contributed by atoms with Gasteiger partial charge in [0.2, 0.25) is 12.2 Å². The number of amides is 1. The zero-order valence-electron chi connectivity index (χ0n) is 19.9. The third-order valence-corrected chi connectivity index (χ3v) is 5.18. The molecule has 0 saturated heterocycles. The van der Waals surface area contributed by atoms with Crippen LogP contribution in [0.2, 0.25) is 0 Å². The van der Waals surface area contributed by atoms with Crippen LogP contribution in [0, 0.1) is 13.8 Å². The number of carboxylic acid groups (broad SMARTS) is 1. The summed E-state index contributed by atoms with van der Waals surface area (Å²) < 4.78 is 15.7. The van der Waals surface area contributed by atoms with Gasteiger partial charge in [-0.25, -0.2) is 14.4 Å². The van der Waals surface area contributed by atoms with Crippen LogP contribution in [-0.4, -0.2) is 48.2 Å². The van der Waals surface area contributed by atoms with Gasteiger partial charge in [0.05, 0.1) is 23.9 Å². The third-order valence-electron chi connectivity index (χ3n) is 5.18. The normalized spacial score (nSPS) is 12.1. The summed E-state index contributed by atoms with van der Waals surface area (Å²) in [6.45, 7) is 3.64. The number of nitrogens with one attached hydrogen (secondary N) is 1. The molecule has 0 radical (unpaired) electrons. The first-order chi connectivity index (χ1) is 17.2. The number of hydrogen-bond acceptors (Lipinski definition) is 7. The van der Waals surface area contributed by atoms with Crippen LogP contribution < -0.4 is 10.1 Å². The maximum atomic E-state index is 13.2. The highest BCUT2D eigenvalue weighted by atomic mass is 16.6. The smallest absolute Gasteiger partial charge is 0.349 e. The number of ether oxygens (including phenoxy) is 3. The fourth-order valence-corrected chi connectivity index (χ4v) is 3.19. The minimum absolute atomic E-state index is 0.0700. The van der Waals surface area contributed by atoms with Crippen molar-refractivity contribution in [2.24, 2.45) is 0 Å². The molecule has 0 unspecified atom stereocenters. The van der Waals surface area contributed by atoms with Crippen molar-refractivity contribution in [1.82, 2.24) is 0 Å². The lowest BCUT2D eigenvalue weighted by molar-refractivity contribution is -0.157. The first-order valence-electron chi connectivity index (χ1n) is 10.9. The Hall–Kier alpha value is -4.66. The van der Waals surface area contributed by atoms with Crippen molar-refractivity contribution in [2.75, 3.05) is 12.4 Å². The van der Waals surface area contributed by atoms with Gasteiger partial charge < -0.3 is 24.6 Å². The summed E-state index contributed by atoms with van der Waals surface area (Å²) in [5.74, 6) is -4.37. The van der Waals surface area contributed by atoms with Gasteiger partial charge in [-0.15, -0.1) is 0 Å². The van der Waals surface area contributed by atoms with Gasteiger partial charge in [0.25, 0.3) is 5.91 Å². The minimum atomic E-state index is -2.14. The standard InChI is InChI=1S/C27H25NO8/c1-16-8-12-18(13-9-16)26(32)35-22(24(29)28-20-6-4-5-7-21(20)34-3)23(25(30)31)36-27(33)19-14-10-17(2)11-15-19/h4-15,22-23H,1-3H3,(H,28,29)(H,30,31)/t22-,23-/m0/s1. The Morgan fingerprint density at radius 1 is 0.722 bits per heavy atom. The Morgan fingerprint density at radius 2 is 1.19 bits per heavy atom. The Morgan fingerprint density at radius 3 is 1.67 bits per heavy atom. The van der Waals surface area contributed by atoms with Crippen molar-refractivity contribution in [2.45, 2.75) is 26.1 Å². The van der Waals surface area contributed by atoms with Gasteiger partial charge in [0.1, 0.15) is 5.75 Å². The molecule has 0 heterocycles. The average molecular weight is 491 g/mol. The van der Waals surface area contributed by atoms with Crippen LogP contribution in [0.25, 0.3) is 0 Å². The van der Waals surface area contributed by atoms with E-state index in [4.69, 9.17) is 14.2 Å². The number of carbonyl (C=O) groups is 4. The first-order valence-corrected chi connectivity index (χ1v) is 10.9. The van der Waals surface area contributed by atoms with Crippen molar-refractivity contribution in [3.8, 4) is 5.75 Å². The maximum absolute atomic E-state index is 13.2. The monoisotopic (exact) mass is 491 g/mol. The highest BCUT2D eigenvalue weighted by molar-refractivity contribution is 6.02. The zero-order chi connectivity index (χ0) is 26.2. The summed E-state index contributed by atoms with van der Waals surface area (Å²) in [4.78, 5) is 50.8. The molecule has 2 N–H and O–H groups in total. The lowest BCUT2D eigenvalue weighted by Crippen LogP contribution is -2.48. The molecule has 0 aromatic heterocycles. The highest BCUT2D eigenvalue weighted by Gasteiger charge is 2.41. The lowest BCUT2D eigenvalue weighted by atomic mass is 10.1. The van der Waals surface area contributed by atoms with Crippen LogP contribution in [0.4, 0.5) is 5.69 Å². The van der Waals surface area contributed by atoms with Crippen molar-refractivity contribution in [3.63, 3.8) is 0 Å². The molecule has 2 atom stereocenters. The van der Waals surface area contributed by atoms with E-state index < -0.39 is 36.0 Å². The number of anilines is 1. The first kappa shape index (κ1) is 26.0. The number of aryl methyl sites for hydroxylation is 2. The molecule has 0 bridgehead atoms. The van der Waals surface area contributed by atoms with Crippen molar-refractivity contribution in [3.05, 3.63) is 95.1 Å². The van der Waals surface area contributed by atoms with E-state index in [1.807, 2.05) is 13.8 Å². The molecule has 9 nitrogen and oxygen atoms in total. The summed E-state index contributed by atoms with van der Waals surface area (Å²) in [7, 11) is 1.39. The second-order valence-corrected chi connectivity index (χ2v) is 7.91. The van der Waals surface area contributed by atoms with E-state index in [0.717, 1.165) is 11.1 Å². The van der Waals surface area contributed by atoms with Crippen LogP contribution in [0.5, 0.6) is 5.75 Å². The Bertz CT molecular complexity index is 1250. The summed E-state index contributed by atoms with van der Waals surface area (Å²) in [6, 6.07) is 18.9. The molecule has 0 aliphatic heterocycles. The zero-order valence-corrected chi connectivity index (χ0v) is 19.9. The van der Waals surface area contributed by atoms with E-state index in [0.29, 0.717) is 0 Å². The predicted octanol–water partition coefficient (Wildman–Crippen LogP) is 3.79. The van der Waals surface area contributed by atoms with E-state index in [9.17, 15) is 24.3 Å². The summed E-state index contributed by atoms with van der Waals surface area (Å²) in [6.07, 6.45) is -4.15. The quantitative estimate of drug-likeness (QED) is 0.433. The summed E-state index contributed by atoms with van der Waals surface area (Å²) in [5, 5.41) is 12.3. The molecule has 0 saturated carbocycles. The van der Waals surface area contributed by atoms with Crippen molar-refractivity contribution in [1.29, 1.82) is 0 Å². The van der Waals surface area contributed by atoms with Crippen LogP contribution in [0.15, 0.2) is 72.8 Å². The minimum Gasteiger partial charge on any atom is -0.495 e. The molecule has 9 heteroatoms. The number of esters is 2. The number of hydrogen-bond donors (Lipinski definition) is 2. The predicted molar refractivity (Wildman–Crippen MR) is 130 cm³/mol. The van der Waals surface area contributed by atoms with E-state index in [1.54, 1.807) is 42.5 Å². The molecule has 3 aromatic rings. The fourth-order valence-electron chi connectivity index (χ4n) is 3.19. The molecule has 3 aromatic carbocycles. The van der Waals surface area contributed by atoms with Gasteiger partial charge in [0.15, 0.2) is 0 Å². The number of benzene rings is 3. The largest absolute Gasteiger partial charge is 0.495 e. The number of rotatable bonds is 9. The van der Waals surface area contributed by atoms with Crippen molar-refractivity contribution < 1.29 is 38.5 Å². The molecule has 0 aliphatic rings. The third kappa shape index (κ3) is 6.47. The molecular formula is C27H25NO8.